The summed E-state index contributed by atoms with van der Waals surface area (Å²) in [4.78, 5) is 11.4. The zero-order valence-electron chi connectivity index (χ0n) is 13.6. The van der Waals surface area contributed by atoms with Crippen LogP contribution in [0.25, 0.3) is 5.69 Å². The van der Waals surface area contributed by atoms with Gasteiger partial charge in [-0.1, -0.05) is 18.2 Å². The molecule has 0 bridgehead atoms. The number of hydrogen-bond donors (Lipinski definition) is 0. The van der Waals surface area contributed by atoms with Crippen molar-refractivity contribution in [2.75, 3.05) is 0 Å². The monoisotopic (exact) mass is 363 g/mol. The molecular formula is C18H13N5O2S. The number of nitro groups is 1. The molecule has 8 heteroatoms. The Bertz CT molecular complexity index is 1020. The molecule has 4 rings (SSSR count). The molecule has 26 heavy (non-hydrogen) atoms. The Morgan fingerprint density at radius 2 is 1.96 bits per heavy atom. The second-order valence-electron chi connectivity index (χ2n) is 5.94. The fourth-order valence-corrected chi connectivity index (χ4v) is 3.63. The highest BCUT2D eigenvalue weighted by Gasteiger charge is 2.31. The Morgan fingerprint density at radius 3 is 2.62 bits per heavy atom. The molecule has 0 unspecified atom stereocenters. The van der Waals surface area contributed by atoms with Crippen LogP contribution in [0.15, 0.2) is 58.6 Å². The Kier molecular flexibility index (Phi) is 4.14. The third-order valence-electron chi connectivity index (χ3n) is 4.10. The summed E-state index contributed by atoms with van der Waals surface area (Å²) < 4.78 is 1.96. The van der Waals surface area contributed by atoms with Crippen LogP contribution >= 0.6 is 11.8 Å². The first-order valence-electron chi connectivity index (χ1n) is 8.04. The lowest BCUT2D eigenvalue weighted by Crippen LogP contribution is -2.01. The molecule has 1 aliphatic rings. The van der Waals surface area contributed by atoms with Gasteiger partial charge in [-0.2, -0.15) is 5.26 Å². The van der Waals surface area contributed by atoms with Gasteiger partial charge in [0.15, 0.2) is 0 Å². The van der Waals surface area contributed by atoms with E-state index in [4.69, 9.17) is 5.26 Å². The van der Waals surface area contributed by atoms with Gasteiger partial charge in [-0.3, -0.25) is 14.7 Å². The molecule has 1 aliphatic carbocycles. The molecule has 2 aromatic carbocycles. The SMILES string of the molecule is N#Cc1ccc(Sc2nnc(C3CC3)n2-c2ccccc2)c([N+](=O)[O-])c1. The van der Waals surface area contributed by atoms with E-state index in [1.165, 1.54) is 17.8 Å². The van der Waals surface area contributed by atoms with Crippen LogP contribution in [0.3, 0.4) is 0 Å². The highest BCUT2D eigenvalue weighted by atomic mass is 32.2. The molecule has 0 N–H and O–H groups in total. The fraction of sp³-hybridized carbons (Fsp3) is 0.167. The summed E-state index contributed by atoms with van der Waals surface area (Å²) in [6.45, 7) is 0. The minimum atomic E-state index is -0.478. The van der Waals surface area contributed by atoms with Crippen LogP contribution in [-0.2, 0) is 0 Å². The van der Waals surface area contributed by atoms with Gasteiger partial charge in [-0.15, -0.1) is 10.2 Å². The molecule has 0 atom stereocenters. The zero-order chi connectivity index (χ0) is 18.1. The predicted molar refractivity (Wildman–Crippen MR) is 95.3 cm³/mol. The minimum absolute atomic E-state index is 0.107. The van der Waals surface area contributed by atoms with Crippen molar-refractivity contribution in [2.24, 2.45) is 0 Å². The number of nitro benzene ring substituents is 1. The third-order valence-corrected chi connectivity index (χ3v) is 5.11. The van der Waals surface area contributed by atoms with Gasteiger partial charge in [0.25, 0.3) is 5.69 Å². The van der Waals surface area contributed by atoms with E-state index >= 15 is 0 Å². The van der Waals surface area contributed by atoms with Gasteiger partial charge in [0.1, 0.15) is 5.82 Å². The van der Waals surface area contributed by atoms with Crippen LogP contribution in [-0.4, -0.2) is 19.7 Å². The van der Waals surface area contributed by atoms with E-state index in [0.717, 1.165) is 24.4 Å². The molecule has 0 amide bonds. The summed E-state index contributed by atoms with van der Waals surface area (Å²) in [5.74, 6) is 1.27. The normalized spacial score (nSPS) is 13.3. The molecule has 0 spiro atoms. The van der Waals surface area contributed by atoms with E-state index in [0.29, 0.717) is 16.0 Å². The van der Waals surface area contributed by atoms with Crippen molar-refractivity contribution in [2.45, 2.75) is 28.8 Å². The lowest BCUT2D eigenvalue weighted by molar-refractivity contribution is -0.387. The molecule has 128 valence electrons. The van der Waals surface area contributed by atoms with Crippen LogP contribution in [0.5, 0.6) is 0 Å². The highest BCUT2D eigenvalue weighted by molar-refractivity contribution is 7.99. The van der Waals surface area contributed by atoms with Crippen LogP contribution in [0.1, 0.15) is 30.1 Å². The van der Waals surface area contributed by atoms with Crippen LogP contribution in [0.4, 0.5) is 5.69 Å². The van der Waals surface area contributed by atoms with Crippen molar-refractivity contribution in [3.05, 3.63) is 70.0 Å². The summed E-state index contributed by atoms with van der Waals surface area (Å²) in [6, 6.07) is 16.1. The van der Waals surface area contributed by atoms with E-state index in [9.17, 15) is 10.1 Å². The summed E-state index contributed by atoms with van der Waals surface area (Å²) >= 11 is 1.19. The number of para-hydroxylation sites is 1. The average Bonchev–Trinajstić information content (AvgIpc) is 3.43. The van der Waals surface area contributed by atoms with E-state index in [2.05, 4.69) is 10.2 Å². The molecule has 1 heterocycles. The highest BCUT2D eigenvalue weighted by Crippen LogP contribution is 2.42. The minimum Gasteiger partial charge on any atom is -0.274 e. The van der Waals surface area contributed by atoms with Crippen molar-refractivity contribution < 1.29 is 4.92 Å². The Hall–Kier alpha value is -3.18. The lowest BCUT2D eigenvalue weighted by atomic mass is 10.2. The number of nitriles is 1. The van der Waals surface area contributed by atoms with Gasteiger partial charge in [0.05, 0.1) is 21.5 Å². The molecule has 7 nitrogen and oxygen atoms in total. The van der Waals surface area contributed by atoms with Gasteiger partial charge in [0, 0.05) is 17.7 Å². The maximum Gasteiger partial charge on any atom is 0.284 e. The molecule has 1 aromatic heterocycles. The second kappa shape index (κ2) is 6.61. The van der Waals surface area contributed by atoms with E-state index in [1.807, 2.05) is 41.0 Å². The first-order chi connectivity index (χ1) is 12.7. The molecule has 0 aliphatic heterocycles. The maximum atomic E-state index is 11.4. The number of rotatable bonds is 5. The van der Waals surface area contributed by atoms with Crippen molar-refractivity contribution in [3.8, 4) is 11.8 Å². The molecule has 3 aromatic rings. The predicted octanol–water partition coefficient (Wildman–Crippen LogP) is 4.08. The number of aromatic nitrogens is 3. The quantitative estimate of drug-likeness (QED) is 0.500. The summed E-state index contributed by atoms with van der Waals surface area (Å²) in [7, 11) is 0. The van der Waals surface area contributed by atoms with Crippen LogP contribution in [0.2, 0.25) is 0 Å². The molecule has 0 saturated heterocycles. The van der Waals surface area contributed by atoms with E-state index in [1.54, 1.807) is 12.1 Å². The van der Waals surface area contributed by atoms with Crippen molar-refractivity contribution >= 4 is 17.4 Å². The maximum absolute atomic E-state index is 11.4. The van der Waals surface area contributed by atoms with Crippen molar-refractivity contribution in [1.29, 1.82) is 5.26 Å². The molecule has 0 radical (unpaired) electrons. The summed E-state index contributed by atoms with van der Waals surface area (Å²) in [6.07, 6.45) is 2.15. The second-order valence-corrected chi connectivity index (χ2v) is 6.95. The largest absolute Gasteiger partial charge is 0.284 e. The van der Waals surface area contributed by atoms with Gasteiger partial charge < -0.3 is 0 Å². The Morgan fingerprint density at radius 1 is 1.19 bits per heavy atom. The van der Waals surface area contributed by atoms with Gasteiger partial charge >= 0.3 is 0 Å². The number of hydrogen-bond acceptors (Lipinski definition) is 6. The zero-order valence-corrected chi connectivity index (χ0v) is 14.4. The Balaban J connectivity index is 1.79. The van der Waals surface area contributed by atoms with E-state index in [-0.39, 0.29) is 11.3 Å². The lowest BCUT2D eigenvalue weighted by Gasteiger charge is -2.10. The van der Waals surface area contributed by atoms with E-state index < -0.39 is 4.92 Å². The first-order valence-corrected chi connectivity index (χ1v) is 8.86. The summed E-state index contributed by atoms with van der Waals surface area (Å²) in [5.41, 5.74) is 1.08. The topological polar surface area (TPSA) is 97.6 Å². The number of benzene rings is 2. The standard InChI is InChI=1S/C18H13N5O2S/c19-11-12-6-9-16(15(10-12)23(24)25)26-18-21-20-17(13-7-8-13)22(18)14-4-2-1-3-5-14/h1-6,9-10,13H,7-8H2. The van der Waals surface area contributed by atoms with Crippen LogP contribution in [0, 0.1) is 21.4 Å². The molecule has 1 saturated carbocycles. The van der Waals surface area contributed by atoms with Crippen molar-refractivity contribution in [3.63, 3.8) is 0 Å². The molecule has 1 fully saturated rings. The third kappa shape index (κ3) is 3.05. The van der Waals surface area contributed by atoms with Crippen molar-refractivity contribution in [1.82, 2.24) is 14.8 Å². The molecular weight excluding hydrogens is 350 g/mol. The average molecular weight is 363 g/mol. The first kappa shape index (κ1) is 16.3. The van der Waals surface area contributed by atoms with Gasteiger partial charge in [0.2, 0.25) is 5.16 Å². The fourth-order valence-electron chi connectivity index (χ4n) is 2.69. The van der Waals surface area contributed by atoms with Gasteiger partial charge in [-0.05, 0) is 48.9 Å². The Labute approximate surface area is 153 Å². The van der Waals surface area contributed by atoms with Gasteiger partial charge in [-0.25, -0.2) is 0 Å². The summed E-state index contributed by atoms with van der Waals surface area (Å²) in [5, 5.41) is 29.6. The van der Waals surface area contributed by atoms with Crippen LogP contribution < -0.4 is 0 Å². The number of nitrogens with zero attached hydrogens (tertiary/aromatic N) is 5. The smallest absolute Gasteiger partial charge is 0.274 e.